The Morgan fingerprint density at radius 1 is 1.60 bits per heavy atom. The first-order chi connectivity index (χ1) is 9.51. The lowest BCUT2D eigenvalue weighted by Crippen LogP contribution is -2.60. The first-order valence-electron chi connectivity index (χ1n) is 6.57. The topological polar surface area (TPSA) is 98.7 Å². The Morgan fingerprint density at radius 2 is 2.30 bits per heavy atom. The van der Waals surface area contributed by atoms with Crippen LogP contribution in [0.15, 0.2) is 0 Å². The van der Waals surface area contributed by atoms with E-state index in [0.717, 1.165) is 0 Å². The minimum atomic E-state index is -1.05. The molecule has 0 radical (unpaired) electrons. The van der Waals surface area contributed by atoms with Crippen LogP contribution in [-0.2, 0) is 9.59 Å². The van der Waals surface area contributed by atoms with Gasteiger partial charge in [-0.3, -0.25) is 4.79 Å². The molecule has 114 valence electrons. The summed E-state index contributed by atoms with van der Waals surface area (Å²) in [5, 5.41) is 14.3. The molecule has 1 unspecified atom stereocenters. The molecule has 0 spiro atoms. The summed E-state index contributed by atoms with van der Waals surface area (Å²) in [6.45, 7) is 2.61. The van der Waals surface area contributed by atoms with Crippen LogP contribution >= 0.6 is 11.8 Å². The highest BCUT2D eigenvalue weighted by Gasteiger charge is 2.33. The Morgan fingerprint density at radius 3 is 2.85 bits per heavy atom. The molecule has 1 aliphatic rings. The molecule has 0 aromatic carbocycles. The van der Waals surface area contributed by atoms with E-state index in [4.69, 9.17) is 5.11 Å². The Labute approximate surface area is 122 Å². The molecule has 1 heterocycles. The third kappa shape index (κ3) is 4.29. The maximum atomic E-state index is 12.2. The number of amides is 3. The number of thioether (sulfide) groups is 1. The minimum Gasteiger partial charge on any atom is -0.480 e. The number of urea groups is 1. The van der Waals surface area contributed by atoms with Crippen LogP contribution in [0.2, 0.25) is 0 Å². The second-order valence-electron chi connectivity index (χ2n) is 4.53. The Hall–Kier alpha value is -1.44. The van der Waals surface area contributed by atoms with Crippen LogP contribution in [0, 0.1) is 0 Å². The van der Waals surface area contributed by atoms with Crippen molar-refractivity contribution in [2.75, 3.05) is 25.1 Å². The van der Waals surface area contributed by atoms with Crippen molar-refractivity contribution in [3.8, 4) is 0 Å². The summed E-state index contributed by atoms with van der Waals surface area (Å²) >= 11 is 1.52. The van der Waals surface area contributed by atoms with Crippen molar-refractivity contribution in [2.24, 2.45) is 0 Å². The highest BCUT2D eigenvalue weighted by molar-refractivity contribution is 7.98. The summed E-state index contributed by atoms with van der Waals surface area (Å²) in [6.07, 6.45) is 2.74. The molecule has 0 bridgehead atoms. The number of carbonyl (C=O) groups is 3. The van der Waals surface area contributed by atoms with Gasteiger partial charge in [-0.2, -0.15) is 11.8 Å². The number of carbonyl (C=O) groups excluding carboxylic acids is 2. The maximum absolute atomic E-state index is 12.2. The number of carboxylic acids is 1. The number of hydrogen-bond donors (Lipinski definition) is 3. The van der Waals surface area contributed by atoms with Gasteiger partial charge in [0.25, 0.3) is 0 Å². The number of rotatable bonds is 6. The van der Waals surface area contributed by atoms with Crippen LogP contribution in [-0.4, -0.2) is 65.1 Å². The molecule has 0 aromatic rings. The molecule has 7 nitrogen and oxygen atoms in total. The molecule has 3 amide bonds. The molecule has 1 fully saturated rings. The summed E-state index contributed by atoms with van der Waals surface area (Å²) < 4.78 is 0. The molecule has 0 aromatic heterocycles. The summed E-state index contributed by atoms with van der Waals surface area (Å²) in [6, 6.07) is -1.93. The highest BCUT2D eigenvalue weighted by atomic mass is 32.2. The van der Waals surface area contributed by atoms with E-state index in [0.29, 0.717) is 31.7 Å². The summed E-state index contributed by atoms with van der Waals surface area (Å²) in [5.41, 5.74) is 0. The normalized spacial score (nSPS) is 20.2. The van der Waals surface area contributed by atoms with Crippen molar-refractivity contribution in [3.05, 3.63) is 0 Å². The van der Waals surface area contributed by atoms with E-state index in [1.165, 1.54) is 16.7 Å². The molecule has 1 saturated heterocycles. The average Bonchev–Trinajstić information content (AvgIpc) is 2.42. The van der Waals surface area contributed by atoms with E-state index in [1.54, 1.807) is 0 Å². The molecule has 1 rings (SSSR count). The number of nitrogens with zero attached hydrogens (tertiary/aromatic N) is 1. The number of nitrogens with one attached hydrogen (secondary N) is 2. The van der Waals surface area contributed by atoms with E-state index >= 15 is 0 Å². The van der Waals surface area contributed by atoms with Gasteiger partial charge in [-0.05, 0) is 24.9 Å². The van der Waals surface area contributed by atoms with Crippen molar-refractivity contribution in [1.82, 2.24) is 15.5 Å². The lowest BCUT2D eigenvalue weighted by molar-refractivity contribution is -0.139. The third-order valence-corrected chi connectivity index (χ3v) is 3.83. The molecule has 1 aliphatic heterocycles. The SMILES string of the molecule is CCC1C(=O)NCCN1C(=O)N[C@@H](CCSC)C(=O)O. The highest BCUT2D eigenvalue weighted by Crippen LogP contribution is 2.10. The average molecular weight is 303 g/mol. The lowest BCUT2D eigenvalue weighted by Gasteiger charge is -2.35. The van der Waals surface area contributed by atoms with Gasteiger partial charge < -0.3 is 20.6 Å². The van der Waals surface area contributed by atoms with Crippen molar-refractivity contribution >= 4 is 29.7 Å². The number of piperazine rings is 1. The number of hydrogen-bond acceptors (Lipinski definition) is 4. The lowest BCUT2D eigenvalue weighted by atomic mass is 10.1. The molecular formula is C12H21N3O4S. The minimum absolute atomic E-state index is 0.190. The summed E-state index contributed by atoms with van der Waals surface area (Å²) in [4.78, 5) is 36.4. The van der Waals surface area contributed by atoms with Gasteiger partial charge in [-0.15, -0.1) is 0 Å². The van der Waals surface area contributed by atoms with Gasteiger partial charge in [0.1, 0.15) is 12.1 Å². The van der Waals surface area contributed by atoms with Crippen molar-refractivity contribution in [3.63, 3.8) is 0 Å². The van der Waals surface area contributed by atoms with Crippen LogP contribution in [0.3, 0.4) is 0 Å². The monoisotopic (exact) mass is 303 g/mol. The van der Waals surface area contributed by atoms with Gasteiger partial charge in [0.05, 0.1) is 0 Å². The zero-order chi connectivity index (χ0) is 15.1. The van der Waals surface area contributed by atoms with E-state index in [2.05, 4.69) is 10.6 Å². The molecular weight excluding hydrogens is 282 g/mol. The summed E-state index contributed by atoms with van der Waals surface area (Å²) in [7, 11) is 0. The van der Waals surface area contributed by atoms with E-state index in [9.17, 15) is 14.4 Å². The fourth-order valence-corrected chi connectivity index (χ4v) is 2.56. The smallest absolute Gasteiger partial charge is 0.326 e. The van der Waals surface area contributed by atoms with Crippen molar-refractivity contribution in [1.29, 1.82) is 0 Å². The van der Waals surface area contributed by atoms with E-state index in [-0.39, 0.29) is 5.91 Å². The van der Waals surface area contributed by atoms with Crippen LogP contribution in [0.4, 0.5) is 4.79 Å². The zero-order valence-corrected chi connectivity index (χ0v) is 12.5. The quantitative estimate of drug-likeness (QED) is 0.647. The predicted octanol–water partition coefficient (Wildman–Crippen LogP) is 0.113. The van der Waals surface area contributed by atoms with Gasteiger partial charge >= 0.3 is 12.0 Å². The van der Waals surface area contributed by atoms with Crippen LogP contribution in [0.1, 0.15) is 19.8 Å². The van der Waals surface area contributed by atoms with Gasteiger partial charge in [0, 0.05) is 13.1 Å². The fourth-order valence-electron chi connectivity index (χ4n) is 2.09. The largest absolute Gasteiger partial charge is 0.480 e. The maximum Gasteiger partial charge on any atom is 0.326 e. The molecule has 2 atom stereocenters. The predicted molar refractivity (Wildman–Crippen MR) is 76.7 cm³/mol. The summed E-state index contributed by atoms with van der Waals surface area (Å²) in [5.74, 6) is -0.596. The molecule has 8 heteroatoms. The molecule has 0 aliphatic carbocycles. The van der Waals surface area contributed by atoms with E-state index < -0.39 is 24.1 Å². The van der Waals surface area contributed by atoms with Gasteiger partial charge in [0.2, 0.25) is 5.91 Å². The fraction of sp³-hybridized carbons (Fsp3) is 0.750. The third-order valence-electron chi connectivity index (χ3n) is 3.18. The first kappa shape index (κ1) is 16.6. The molecule has 0 saturated carbocycles. The molecule has 20 heavy (non-hydrogen) atoms. The zero-order valence-electron chi connectivity index (χ0n) is 11.7. The molecule has 3 N–H and O–H groups in total. The van der Waals surface area contributed by atoms with Gasteiger partial charge in [0.15, 0.2) is 0 Å². The Balaban J connectivity index is 2.66. The van der Waals surface area contributed by atoms with Gasteiger partial charge in [-0.1, -0.05) is 6.92 Å². The van der Waals surface area contributed by atoms with Crippen molar-refractivity contribution < 1.29 is 19.5 Å². The van der Waals surface area contributed by atoms with Crippen molar-refractivity contribution in [2.45, 2.75) is 31.8 Å². The van der Waals surface area contributed by atoms with Crippen LogP contribution in [0.25, 0.3) is 0 Å². The second-order valence-corrected chi connectivity index (χ2v) is 5.52. The second kappa shape index (κ2) is 7.98. The van der Waals surface area contributed by atoms with Gasteiger partial charge in [-0.25, -0.2) is 9.59 Å². The van der Waals surface area contributed by atoms with Crippen LogP contribution in [0.5, 0.6) is 0 Å². The Kier molecular flexibility index (Phi) is 6.63. The van der Waals surface area contributed by atoms with Crippen LogP contribution < -0.4 is 10.6 Å². The number of carboxylic acid groups (broad SMARTS) is 1. The van der Waals surface area contributed by atoms with E-state index in [1.807, 2.05) is 13.2 Å². The standard InChI is InChI=1S/C12H21N3O4S/c1-3-9-10(16)13-5-6-15(9)12(19)14-8(11(17)18)4-7-20-2/h8-9H,3-7H2,1-2H3,(H,13,16)(H,14,19)(H,17,18)/t8-,9?/m0/s1. The number of aliphatic carboxylic acids is 1. The first-order valence-corrected chi connectivity index (χ1v) is 7.97. The Bertz CT molecular complexity index is 378.